The molecule has 1 saturated heterocycles. The highest BCUT2D eigenvalue weighted by atomic mass is 32.2. The van der Waals surface area contributed by atoms with Crippen molar-refractivity contribution < 1.29 is 34.2 Å². The van der Waals surface area contributed by atoms with Gasteiger partial charge in [0.25, 0.3) is 11.8 Å². The molecule has 0 aromatic carbocycles. The summed E-state index contributed by atoms with van der Waals surface area (Å²) in [5.41, 5.74) is 10.2. The summed E-state index contributed by atoms with van der Waals surface area (Å²) in [6.07, 6.45) is 2.07. The first-order valence-electron chi connectivity index (χ1n) is 11.3. The number of fused-ring (bicyclic) bond motifs is 1. The molecule has 0 radical (unpaired) electrons. The van der Waals surface area contributed by atoms with Crippen molar-refractivity contribution in [1.29, 1.82) is 0 Å². The number of nitrogen functional groups attached to an aromatic ring is 1. The summed E-state index contributed by atoms with van der Waals surface area (Å²) in [7, 11) is 0. The first kappa shape index (κ1) is 25.9. The number of carboxylic acids is 2. The van der Waals surface area contributed by atoms with Crippen LogP contribution >= 0.6 is 23.1 Å². The first-order chi connectivity index (χ1) is 17.1. The summed E-state index contributed by atoms with van der Waals surface area (Å²) in [5.74, 6) is -3.81. The van der Waals surface area contributed by atoms with Gasteiger partial charge in [-0.05, 0) is 31.4 Å². The van der Waals surface area contributed by atoms with Crippen LogP contribution in [0, 0.1) is 0 Å². The van der Waals surface area contributed by atoms with E-state index in [1.54, 1.807) is 0 Å². The van der Waals surface area contributed by atoms with Gasteiger partial charge >= 0.3 is 11.9 Å². The molecular weight excluding hydrogens is 512 g/mol. The summed E-state index contributed by atoms with van der Waals surface area (Å²) in [6.45, 7) is 2.15. The zero-order valence-corrected chi connectivity index (χ0v) is 20.9. The van der Waals surface area contributed by atoms with Crippen molar-refractivity contribution >= 4 is 57.7 Å². The normalized spacial score (nSPS) is 24.9. The minimum Gasteiger partial charge on any atom is -0.478 e. The van der Waals surface area contributed by atoms with E-state index in [1.165, 1.54) is 22.0 Å². The maximum atomic E-state index is 13.2. The molecule has 1 aromatic heterocycles. The Bertz CT molecular complexity index is 1160. The number of carbonyl (C=O) groups excluding carboxylic acids is 2. The van der Waals surface area contributed by atoms with Gasteiger partial charge in [-0.15, -0.1) is 23.1 Å². The fourth-order valence-electron chi connectivity index (χ4n) is 4.35. The second-order valence-electron chi connectivity index (χ2n) is 8.54. The number of thioether (sulfide) groups is 1. The van der Waals surface area contributed by atoms with Gasteiger partial charge in [-0.3, -0.25) is 14.5 Å². The SMILES string of the molecule is CCC1=C(C(=O)O)N2C(=O)C(NC(=O)/C(=N\OC3(C(=O)O)CCC3)c3csc(N)n3)[C@H]2SC1CCN. The Balaban J connectivity index is 1.59. The number of nitrogens with two attached hydrogens (primary N) is 2. The Hall–Kier alpha value is -3.17. The van der Waals surface area contributed by atoms with Crippen LogP contribution in [-0.4, -0.2) is 78.4 Å². The predicted molar refractivity (Wildman–Crippen MR) is 131 cm³/mol. The lowest BCUT2D eigenvalue weighted by Crippen LogP contribution is -2.71. The summed E-state index contributed by atoms with van der Waals surface area (Å²) in [4.78, 5) is 60.4. The Labute approximate surface area is 213 Å². The number of carboxylic acid groups (broad SMARTS) is 2. The van der Waals surface area contributed by atoms with Crippen molar-refractivity contribution in [2.24, 2.45) is 10.9 Å². The fraction of sp³-hybridized carbons (Fsp3) is 0.524. The number of hydrogen-bond donors (Lipinski definition) is 5. The number of thiazole rings is 1. The number of aliphatic carboxylic acids is 2. The highest BCUT2D eigenvalue weighted by molar-refractivity contribution is 8.00. The molecule has 4 rings (SSSR count). The van der Waals surface area contributed by atoms with Crippen molar-refractivity contribution in [3.8, 4) is 0 Å². The van der Waals surface area contributed by atoms with E-state index in [9.17, 15) is 29.4 Å². The molecule has 3 aliphatic rings. The number of rotatable bonds is 10. The molecule has 2 amide bonds. The molecule has 1 saturated carbocycles. The maximum absolute atomic E-state index is 13.2. The summed E-state index contributed by atoms with van der Waals surface area (Å²) in [6, 6.07) is -1.03. The second kappa shape index (κ2) is 10.1. The van der Waals surface area contributed by atoms with Crippen molar-refractivity contribution in [2.45, 2.75) is 61.3 Å². The van der Waals surface area contributed by atoms with Gasteiger partial charge in [-0.2, -0.15) is 0 Å². The molecular formula is C21H26N6O7S2. The lowest BCUT2D eigenvalue weighted by molar-refractivity contribution is -0.178. The van der Waals surface area contributed by atoms with Crippen LogP contribution in [0.3, 0.4) is 0 Å². The number of nitrogens with one attached hydrogen (secondary N) is 1. The van der Waals surface area contributed by atoms with Gasteiger partial charge in [0.05, 0.1) is 0 Å². The van der Waals surface area contributed by atoms with Crippen LogP contribution in [0.2, 0.25) is 0 Å². The minimum absolute atomic E-state index is 0.0650. The third kappa shape index (κ3) is 4.41. The number of carbonyl (C=O) groups is 4. The van der Waals surface area contributed by atoms with Gasteiger partial charge in [0, 0.05) is 23.5 Å². The summed E-state index contributed by atoms with van der Waals surface area (Å²) < 4.78 is 0. The zero-order valence-electron chi connectivity index (χ0n) is 19.3. The molecule has 2 fully saturated rings. The monoisotopic (exact) mass is 538 g/mol. The molecule has 13 nitrogen and oxygen atoms in total. The van der Waals surface area contributed by atoms with E-state index in [0.29, 0.717) is 31.4 Å². The molecule has 0 spiro atoms. The van der Waals surface area contributed by atoms with Gasteiger partial charge in [-0.25, -0.2) is 14.6 Å². The third-order valence-corrected chi connectivity index (χ3v) is 8.71. The molecule has 0 bridgehead atoms. The average molecular weight is 539 g/mol. The number of nitrogens with zero attached hydrogens (tertiary/aromatic N) is 3. The lowest BCUT2D eigenvalue weighted by atomic mass is 9.80. The molecule has 2 aliphatic heterocycles. The van der Waals surface area contributed by atoms with E-state index in [-0.39, 0.29) is 40.3 Å². The molecule has 36 heavy (non-hydrogen) atoms. The highest BCUT2D eigenvalue weighted by Crippen LogP contribution is 2.46. The van der Waals surface area contributed by atoms with Crippen molar-refractivity contribution in [3.05, 3.63) is 22.3 Å². The van der Waals surface area contributed by atoms with E-state index in [1.807, 2.05) is 6.92 Å². The van der Waals surface area contributed by atoms with E-state index < -0.39 is 40.8 Å². The van der Waals surface area contributed by atoms with Gasteiger partial charge in [0.15, 0.2) is 10.8 Å². The fourth-order valence-corrected chi connectivity index (χ4v) is 6.62. The topological polar surface area (TPSA) is 211 Å². The smallest absolute Gasteiger partial charge is 0.352 e. The largest absolute Gasteiger partial charge is 0.478 e. The van der Waals surface area contributed by atoms with Gasteiger partial charge in [-0.1, -0.05) is 12.1 Å². The number of β-lactam (4-membered cyclic amide) rings is 1. The van der Waals surface area contributed by atoms with Gasteiger partial charge in [0.2, 0.25) is 5.60 Å². The number of amides is 2. The Morgan fingerprint density at radius 3 is 2.58 bits per heavy atom. The third-order valence-electron chi connectivity index (χ3n) is 6.42. The van der Waals surface area contributed by atoms with Crippen LogP contribution in [0.25, 0.3) is 0 Å². The molecule has 3 heterocycles. The molecule has 7 N–H and O–H groups in total. The quantitative estimate of drug-likeness (QED) is 0.155. The Morgan fingerprint density at radius 1 is 1.36 bits per heavy atom. The van der Waals surface area contributed by atoms with Gasteiger partial charge in [0.1, 0.15) is 22.8 Å². The van der Waals surface area contributed by atoms with Crippen LogP contribution in [0.4, 0.5) is 5.13 Å². The highest BCUT2D eigenvalue weighted by Gasteiger charge is 2.56. The lowest BCUT2D eigenvalue weighted by Gasteiger charge is -2.51. The van der Waals surface area contributed by atoms with Crippen LogP contribution in [-0.2, 0) is 24.0 Å². The number of oxime groups is 1. The number of hydrogen-bond acceptors (Lipinski definition) is 11. The van der Waals surface area contributed by atoms with Crippen LogP contribution < -0.4 is 16.8 Å². The van der Waals surface area contributed by atoms with E-state index >= 15 is 0 Å². The minimum atomic E-state index is -1.53. The molecule has 2 unspecified atom stereocenters. The zero-order chi connectivity index (χ0) is 26.2. The summed E-state index contributed by atoms with van der Waals surface area (Å²) in [5, 5.41) is 26.5. The first-order valence-corrected chi connectivity index (χ1v) is 13.1. The molecule has 3 atom stereocenters. The van der Waals surface area contributed by atoms with Crippen molar-refractivity contribution in [1.82, 2.24) is 15.2 Å². The van der Waals surface area contributed by atoms with Crippen LogP contribution in [0.1, 0.15) is 44.7 Å². The predicted octanol–water partition coefficient (Wildman–Crippen LogP) is 0.319. The number of aromatic nitrogens is 1. The summed E-state index contributed by atoms with van der Waals surface area (Å²) >= 11 is 2.42. The standard InChI is InChI=1S/C21H26N6O7S2/c1-2-9-11(4-7-22)36-17-13(16(29)27(17)14(9)18(30)31)25-15(28)12(10-8-35-20(23)24-10)26-34-21(19(32)33)5-3-6-21/h8,11,13,17H,2-7,22H2,1H3,(H2,23,24)(H,25,28)(H,30,31)(H,32,33)/b26-12-/t11?,13?,17-/m1/s1. The Morgan fingerprint density at radius 2 is 2.08 bits per heavy atom. The van der Waals surface area contributed by atoms with Crippen LogP contribution in [0.5, 0.6) is 0 Å². The molecule has 1 aliphatic carbocycles. The van der Waals surface area contributed by atoms with E-state index in [0.717, 1.165) is 11.3 Å². The van der Waals surface area contributed by atoms with Crippen molar-refractivity contribution in [2.75, 3.05) is 12.3 Å². The van der Waals surface area contributed by atoms with E-state index in [4.69, 9.17) is 16.3 Å². The average Bonchev–Trinajstić information content (AvgIpc) is 3.23. The second-order valence-corrected chi connectivity index (χ2v) is 10.8. The molecule has 194 valence electrons. The maximum Gasteiger partial charge on any atom is 0.352 e. The Kier molecular flexibility index (Phi) is 7.24. The van der Waals surface area contributed by atoms with E-state index in [2.05, 4.69) is 15.5 Å². The molecule has 15 heteroatoms. The number of anilines is 1. The molecule has 1 aromatic rings. The van der Waals surface area contributed by atoms with Gasteiger partial charge < -0.3 is 31.8 Å². The van der Waals surface area contributed by atoms with Crippen LogP contribution in [0.15, 0.2) is 21.8 Å². The van der Waals surface area contributed by atoms with Crippen molar-refractivity contribution in [3.63, 3.8) is 0 Å².